The van der Waals surface area contributed by atoms with E-state index in [1.54, 1.807) is 11.8 Å². The van der Waals surface area contributed by atoms with E-state index in [9.17, 15) is 9.59 Å². The van der Waals surface area contributed by atoms with Crippen molar-refractivity contribution in [2.45, 2.75) is 35.5 Å². The first-order chi connectivity index (χ1) is 15.7. The highest BCUT2D eigenvalue weighted by atomic mass is 32.2. The second-order valence-electron chi connectivity index (χ2n) is 8.67. The van der Waals surface area contributed by atoms with Crippen molar-refractivity contribution < 1.29 is 14.3 Å². The first kappa shape index (κ1) is 19.5. The Balaban J connectivity index is 1.21. The van der Waals surface area contributed by atoms with Gasteiger partial charge in [0, 0.05) is 17.7 Å². The molecule has 2 saturated carbocycles. The fourth-order valence-electron chi connectivity index (χ4n) is 5.46. The molecule has 0 radical (unpaired) electrons. The summed E-state index contributed by atoms with van der Waals surface area (Å²) in [6.07, 6.45) is 2.20. The van der Waals surface area contributed by atoms with Crippen LogP contribution in [-0.4, -0.2) is 42.7 Å². The van der Waals surface area contributed by atoms with Crippen LogP contribution < -0.4 is 0 Å². The number of hydrogen-bond acceptors (Lipinski definition) is 6. The van der Waals surface area contributed by atoms with Crippen LogP contribution in [0.3, 0.4) is 0 Å². The third-order valence-electron chi connectivity index (χ3n) is 6.95. The Morgan fingerprint density at radius 2 is 1.84 bits per heavy atom. The fourth-order valence-corrected chi connectivity index (χ4v) is 6.79. The van der Waals surface area contributed by atoms with Crippen LogP contribution in [0.4, 0.5) is 0 Å². The average molecular weight is 447 g/mol. The van der Waals surface area contributed by atoms with Crippen LogP contribution in [0.15, 0.2) is 72.1 Å². The lowest BCUT2D eigenvalue weighted by Gasteiger charge is -2.17. The van der Waals surface area contributed by atoms with Crippen molar-refractivity contribution in [1.82, 2.24) is 20.1 Å². The van der Waals surface area contributed by atoms with Crippen LogP contribution in [0.2, 0.25) is 0 Å². The van der Waals surface area contributed by atoms with Gasteiger partial charge < -0.3 is 9.64 Å². The van der Waals surface area contributed by atoms with Gasteiger partial charge in [-0.2, -0.15) is 5.10 Å². The molecule has 0 bridgehead atoms. The third kappa shape index (κ3) is 3.12. The number of benzene rings is 2. The van der Waals surface area contributed by atoms with Crippen LogP contribution in [-0.2, 0) is 27.5 Å². The Kier molecular flexibility index (Phi) is 4.57. The van der Waals surface area contributed by atoms with Gasteiger partial charge in [-0.25, -0.2) is 4.98 Å². The van der Waals surface area contributed by atoms with Gasteiger partial charge in [-0.1, -0.05) is 72.4 Å². The molecule has 6 rings (SSSR count). The molecule has 3 fully saturated rings. The summed E-state index contributed by atoms with van der Waals surface area (Å²) >= 11 is 1.58. The molecule has 1 amide bonds. The molecule has 32 heavy (non-hydrogen) atoms. The number of carbonyl (C=O) groups excluding carboxylic acids is 2. The normalized spacial score (nSPS) is 29.8. The van der Waals surface area contributed by atoms with Crippen LogP contribution in [0.5, 0.6) is 0 Å². The van der Waals surface area contributed by atoms with Crippen molar-refractivity contribution in [2.75, 3.05) is 0 Å². The van der Waals surface area contributed by atoms with Gasteiger partial charge in [-0.05, 0) is 23.5 Å². The molecule has 2 aromatic carbocycles. The van der Waals surface area contributed by atoms with Gasteiger partial charge in [-0.15, -0.1) is 0 Å². The number of esters is 1. The number of fused-ring (bicyclic) bond motifs is 2. The Morgan fingerprint density at radius 3 is 2.53 bits per heavy atom. The number of amides is 1. The molecule has 162 valence electrons. The Bertz CT molecular complexity index is 1140. The largest absolute Gasteiger partial charge is 0.461 e. The molecule has 0 unspecified atom stereocenters. The summed E-state index contributed by atoms with van der Waals surface area (Å²) in [7, 11) is 0. The zero-order chi connectivity index (χ0) is 21.7. The van der Waals surface area contributed by atoms with E-state index in [2.05, 4.69) is 15.2 Å². The van der Waals surface area contributed by atoms with Crippen LogP contribution in [0.25, 0.3) is 0 Å². The first-order valence-electron chi connectivity index (χ1n) is 10.8. The van der Waals surface area contributed by atoms with E-state index in [0.717, 1.165) is 22.7 Å². The number of nitrogens with zero attached hydrogens (tertiary/aromatic N) is 3. The molecule has 8 heteroatoms. The topological polar surface area (TPSA) is 88.0 Å². The maximum absolute atomic E-state index is 13.1. The van der Waals surface area contributed by atoms with E-state index in [-0.39, 0.29) is 41.5 Å². The molecule has 2 aliphatic carbocycles. The van der Waals surface area contributed by atoms with Crippen LogP contribution in [0.1, 0.15) is 17.5 Å². The quantitative estimate of drug-likeness (QED) is 0.443. The number of ether oxygens (including phenoxy) is 1. The van der Waals surface area contributed by atoms with E-state index >= 15 is 0 Å². The molecule has 1 saturated heterocycles. The molecular formula is C24H22N4O3S. The van der Waals surface area contributed by atoms with Gasteiger partial charge in [0.2, 0.25) is 5.91 Å². The minimum Gasteiger partial charge on any atom is -0.461 e. The predicted octanol–water partition coefficient (Wildman–Crippen LogP) is 3.06. The number of aromatic nitrogens is 3. The smallest absolute Gasteiger partial charge is 0.310 e. The highest BCUT2D eigenvalue weighted by Crippen LogP contribution is 2.72. The summed E-state index contributed by atoms with van der Waals surface area (Å²) in [6.45, 7) is 0.832. The van der Waals surface area contributed by atoms with Gasteiger partial charge in [0.05, 0.1) is 5.92 Å². The van der Waals surface area contributed by atoms with Gasteiger partial charge in [-0.3, -0.25) is 14.7 Å². The molecule has 7 nitrogen and oxygen atoms in total. The number of H-pyrrole nitrogens is 1. The number of hydrogen-bond donors (Lipinski definition) is 1. The second kappa shape index (κ2) is 7.48. The monoisotopic (exact) mass is 446 g/mol. The zero-order valence-corrected chi connectivity index (χ0v) is 18.1. The van der Waals surface area contributed by atoms with Gasteiger partial charge in [0.15, 0.2) is 5.16 Å². The van der Waals surface area contributed by atoms with E-state index < -0.39 is 5.54 Å². The van der Waals surface area contributed by atoms with Crippen molar-refractivity contribution >= 4 is 23.6 Å². The highest BCUT2D eigenvalue weighted by Gasteiger charge is 2.84. The first-order valence-corrected chi connectivity index (χ1v) is 11.6. The lowest BCUT2D eigenvalue weighted by molar-refractivity contribution is -0.147. The minimum absolute atomic E-state index is 0.00223. The predicted molar refractivity (Wildman–Crippen MR) is 117 cm³/mol. The van der Waals surface area contributed by atoms with E-state index in [1.165, 1.54) is 6.33 Å². The molecule has 3 aromatic rings. The average Bonchev–Trinajstić information content (AvgIpc) is 3.50. The summed E-state index contributed by atoms with van der Waals surface area (Å²) in [5.41, 5.74) is 1.50. The SMILES string of the molecule is O=C(OCc1ccccc1)[C@H]1[C@H]2[C@@H]1[C@@]1(C[C@H]2Sc2ncn[nH]2)C(=O)N1Cc1ccccc1. The molecule has 3 aliphatic rings. The lowest BCUT2D eigenvalue weighted by atomic mass is 9.99. The molecule has 1 N–H and O–H groups in total. The summed E-state index contributed by atoms with van der Waals surface area (Å²) in [4.78, 5) is 32.3. The van der Waals surface area contributed by atoms with Crippen molar-refractivity contribution in [3.05, 3.63) is 78.1 Å². The van der Waals surface area contributed by atoms with E-state index in [0.29, 0.717) is 6.54 Å². The Morgan fingerprint density at radius 1 is 1.12 bits per heavy atom. The standard InChI is InChI=1S/C24H22N4O3S/c29-21(31-13-16-9-5-2-6-10-16)19-18-17(32-23-25-14-26-27-23)11-24(20(18)19)22(30)28(24)12-15-7-3-1-4-8-15/h1-10,14,17-20H,11-13H2,(H,25,26,27)/t17-,18+,19+,20+,24+,28?/m1/s1. The number of aromatic amines is 1. The zero-order valence-electron chi connectivity index (χ0n) is 17.3. The fraction of sp³-hybridized carbons (Fsp3) is 0.333. The number of thioether (sulfide) groups is 1. The Hall–Kier alpha value is -3.13. The lowest BCUT2D eigenvalue weighted by Crippen LogP contribution is -2.26. The summed E-state index contributed by atoms with van der Waals surface area (Å²) < 4.78 is 5.67. The van der Waals surface area contributed by atoms with E-state index in [1.807, 2.05) is 65.6 Å². The summed E-state index contributed by atoms with van der Waals surface area (Å²) in [5, 5.41) is 7.66. The number of carbonyl (C=O) groups is 2. The molecule has 5 atom stereocenters. The van der Waals surface area contributed by atoms with E-state index in [4.69, 9.17) is 4.74 Å². The molecule has 1 spiro atoms. The molecule has 1 aliphatic heterocycles. The van der Waals surface area contributed by atoms with Crippen molar-refractivity contribution in [3.8, 4) is 0 Å². The van der Waals surface area contributed by atoms with Crippen molar-refractivity contribution in [3.63, 3.8) is 0 Å². The Labute approximate surface area is 189 Å². The molecule has 1 aromatic heterocycles. The number of nitrogens with one attached hydrogen (secondary N) is 1. The maximum atomic E-state index is 13.1. The molecular weight excluding hydrogens is 424 g/mol. The van der Waals surface area contributed by atoms with Gasteiger partial charge >= 0.3 is 5.97 Å². The van der Waals surface area contributed by atoms with Crippen molar-refractivity contribution in [1.29, 1.82) is 0 Å². The number of rotatable bonds is 7. The summed E-state index contributed by atoms with van der Waals surface area (Å²) in [6, 6.07) is 19.7. The van der Waals surface area contributed by atoms with Gasteiger partial charge in [0.1, 0.15) is 18.5 Å². The maximum Gasteiger partial charge on any atom is 0.310 e. The summed E-state index contributed by atoms with van der Waals surface area (Å²) in [5.74, 6) is -0.195. The van der Waals surface area contributed by atoms with Crippen molar-refractivity contribution in [2.24, 2.45) is 17.8 Å². The third-order valence-corrected chi connectivity index (χ3v) is 8.15. The van der Waals surface area contributed by atoms with Crippen LogP contribution >= 0.6 is 11.8 Å². The molecule has 2 heterocycles. The van der Waals surface area contributed by atoms with Crippen LogP contribution in [0, 0.1) is 17.8 Å². The minimum atomic E-state index is -0.561. The second-order valence-corrected chi connectivity index (χ2v) is 9.90. The van der Waals surface area contributed by atoms with Gasteiger partial charge in [0.25, 0.3) is 0 Å². The highest BCUT2D eigenvalue weighted by molar-refractivity contribution is 7.99.